The number of halogens is 3. The molecule has 1 aromatic carbocycles. The van der Waals surface area contributed by atoms with Crippen LogP contribution in [0.3, 0.4) is 0 Å². The molecule has 0 atom stereocenters. The van der Waals surface area contributed by atoms with Crippen LogP contribution in [0.25, 0.3) is 11.0 Å². The number of carbonyl (C=O) groups is 1. The van der Waals surface area contributed by atoms with Crippen LogP contribution in [0.5, 0.6) is 17.2 Å². The zero-order valence-electron chi connectivity index (χ0n) is 11.3. The number of hydrogen-bond donors (Lipinski definition) is 1. The second-order valence-electron chi connectivity index (χ2n) is 4.14. The number of rotatable bonds is 1. The number of carbonyl (C=O) groups excluding carboxylic acids is 1. The first-order valence-corrected chi connectivity index (χ1v) is 5.50. The number of alkyl halides is 3. The fourth-order valence-electron chi connectivity index (χ4n) is 1.92. The van der Waals surface area contributed by atoms with Crippen molar-refractivity contribution in [3.05, 3.63) is 28.1 Å². The zero-order valence-corrected chi connectivity index (χ0v) is 13.5. The molecule has 1 aliphatic rings. The molecule has 1 aliphatic heterocycles. The SMILES string of the molecule is O.O.O=C(c1c(O)c2cc3c(cc2oc1=O)OCO3)C(F)(F)F.[Tb]. The van der Waals surface area contributed by atoms with E-state index in [-0.39, 0.29) is 78.8 Å². The molecule has 12 heteroatoms. The average Bonchev–Trinajstić information content (AvgIpc) is 2.82. The Labute approximate surface area is 161 Å². The standard InChI is InChI=1S/C12H5F3O6.2H2O.Tb/c13-12(14,15)10(17)8-9(16)4-1-6-7(20-3-19-6)2-5(4)21-11(8)18;;;/h1-2,16H,3H2;2*1H2;. The molecule has 0 unspecified atom stereocenters. The van der Waals surface area contributed by atoms with E-state index in [1.165, 1.54) is 6.07 Å². The van der Waals surface area contributed by atoms with Crippen molar-refractivity contribution in [2.24, 2.45) is 0 Å². The summed E-state index contributed by atoms with van der Waals surface area (Å²) in [5.41, 5.74) is -3.27. The minimum Gasteiger partial charge on any atom is -0.506 e. The smallest absolute Gasteiger partial charge is 0.455 e. The molecule has 0 spiro atoms. The summed E-state index contributed by atoms with van der Waals surface area (Å²) >= 11 is 0. The molecule has 0 saturated heterocycles. The third kappa shape index (κ3) is 3.60. The Morgan fingerprint density at radius 3 is 2.21 bits per heavy atom. The molecule has 135 valence electrons. The topological polar surface area (TPSA) is 149 Å². The molecule has 2 heterocycles. The van der Waals surface area contributed by atoms with Gasteiger partial charge in [-0.05, 0) is 6.07 Å². The van der Waals surface area contributed by atoms with Gasteiger partial charge in [-0.15, -0.1) is 0 Å². The molecule has 2 aromatic rings. The summed E-state index contributed by atoms with van der Waals surface area (Å²) in [6.07, 6.45) is -5.31. The maximum Gasteiger partial charge on any atom is 0.455 e. The Balaban J connectivity index is 0.00000176. The minimum atomic E-state index is -5.31. The number of aromatic hydroxyl groups is 1. The first-order chi connectivity index (χ1) is 9.79. The van der Waals surface area contributed by atoms with Gasteiger partial charge in [-0.2, -0.15) is 13.2 Å². The summed E-state index contributed by atoms with van der Waals surface area (Å²) in [5, 5.41) is 9.56. The second kappa shape index (κ2) is 7.59. The van der Waals surface area contributed by atoms with Gasteiger partial charge in [-0.1, -0.05) is 0 Å². The van der Waals surface area contributed by atoms with Gasteiger partial charge in [0.1, 0.15) is 11.3 Å². The van der Waals surface area contributed by atoms with Crippen molar-refractivity contribution < 1.29 is 86.5 Å². The molecule has 1 radical (unpaired) electrons. The fourth-order valence-corrected chi connectivity index (χ4v) is 1.92. The van der Waals surface area contributed by atoms with Gasteiger partial charge in [-0.25, -0.2) is 4.79 Å². The van der Waals surface area contributed by atoms with Crippen molar-refractivity contribution >= 4 is 16.8 Å². The number of benzene rings is 1. The van der Waals surface area contributed by atoms with Crippen molar-refractivity contribution in [3.8, 4) is 17.2 Å². The van der Waals surface area contributed by atoms with E-state index in [1.54, 1.807) is 0 Å². The predicted molar refractivity (Wildman–Crippen MR) is 67.9 cm³/mol. The van der Waals surface area contributed by atoms with Gasteiger partial charge in [0.2, 0.25) is 6.79 Å². The van der Waals surface area contributed by atoms with Crippen LogP contribution in [0, 0.1) is 38.6 Å². The largest absolute Gasteiger partial charge is 0.506 e. The van der Waals surface area contributed by atoms with Crippen molar-refractivity contribution in [2.75, 3.05) is 6.79 Å². The third-order valence-corrected chi connectivity index (χ3v) is 2.86. The van der Waals surface area contributed by atoms with E-state index < -0.39 is 28.9 Å². The van der Waals surface area contributed by atoms with Crippen LogP contribution in [0.2, 0.25) is 0 Å². The normalized spacial score (nSPS) is 12.0. The maximum absolute atomic E-state index is 12.4. The molecule has 24 heavy (non-hydrogen) atoms. The monoisotopic (exact) mass is 497 g/mol. The molecule has 0 saturated carbocycles. The van der Waals surface area contributed by atoms with E-state index >= 15 is 0 Å². The van der Waals surface area contributed by atoms with Crippen molar-refractivity contribution in [1.82, 2.24) is 0 Å². The number of ketones is 1. The van der Waals surface area contributed by atoms with Crippen LogP contribution in [0.4, 0.5) is 13.2 Å². The van der Waals surface area contributed by atoms with Gasteiger partial charge >= 0.3 is 11.8 Å². The Hall–Kier alpha value is -1.50. The summed E-state index contributed by atoms with van der Waals surface area (Å²) in [6, 6.07) is 2.31. The van der Waals surface area contributed by atoms with Crippen molar-refractivity contribution in [3.63, 3.8) is 0 Å². The Morgan fingerprint density at radius 1 is 1.12 bits per heavy atom. The van der Waals surface area contributed by atoms with Crippen molar-refractivity contribution in [1.29, 1.82) is 0 Å². The van der Waals surface area contributed by atoms with E-state index in [2.05, 4.69) is 4.42 Å². The van der Waals surface area contributed by atoms with Gasteiger partial charge in [0.15, 0.2) is 17.1 Å². The van der Waals surface area contributed by atoms with Crippen LogP contribution in [-0.2, 0) is 0 Å². The molecule has 0 fully saturated rings. The Morgan fingerprint density at radius 2 is 1.67 bits per heavy atom. The number of ether oxygens (including phenoxy) is 2. The summed E-state index contributed by atoms with van der Waals surface area (Å²) in [4.78, 5) is 22.7. The molecule has 0 amide bonds. The Kier molecular flexibility index (Phi) is 7.11. The maximum atomic E-state index is 12.4. The average molecular weight is 497 g/mol. The summed E-state index contributed by atoms with van der Waals surface area (Å²) < 4.78 is 51.9. The molecule has 0 bridgehead atoms. The van der Waals surface area contributed by atoms with Gasteiger partial charge < -0.3 is 29.9 Å². The van der Waals surface area contributed by atoms with Crippen LogP contribution in [0.15, 0.2) is 21.3 Å². The van der Waals surface area contributed by atoms with Crippen molar-refractivity contribution in [2.45, 2.75) is 6.18 Å². The van der Waals surface area contributed by atoms with Gasteiger partial charge in [-0.3, -0.25) is 4.79 Å². The summed E-state index contributed by atoms with van der Waals surface area (Å²) in [5.74, 6) is -3.23. The quantitative estimate of drug-likeness (QED) is 0.443. The van der Waals surface area contributed by atoms with Gasteiger partial charge in [0, 0.05) is 44.7 Å². The van der Waals surface area contributed by atoms with Gasteiger partial charge in [0.25, 0.3) is 5.78 Å². The van der Waals surface area contributed by atoms with E-state index in [0.717, 1.165) is 6.07 Å². The predicted octanol–water partition coefficient (Wildman–Crippen LogP) is 0.323. The van der Waals surface area contributed by atoms with Crippen LogP contribution in [-0.4, -0.2) is 34.8 Å². The van der Waals surface area contributed by atoms with Crippen LogP contribution >= 0.6 is 0 Å². The molecule has 8 nitrogen and oxygen atoms in total. The molecular weight excluding hydrogens is 488 g/mol. The van der Waals surface area contributed by atoms with Crippen LogP contribution in [0.1, 0.15) is 10.4 Å². The Bertz CT molecular complexity index is 830. The van der Waals surface area contributed by atoms with Gasteiger partial charge in [0.05, 0.1) is 5.39 Å². The minimum absolute atomic E-state index is 0. The van der Waals surface area contributed by atoms with Crippen LogP contribution < -0.4 is 15.1 Å². The number of Topliss-reactive ketones (excluding diaryl/α,β-unsaturated/α-hetero) is 1. The number of fused-ring (bicyclic) bond motifs is 2. The number of hydrogen-bond acceptors (Lipinski definition) is 6. The molecule has 5 N–H and O–H groups in total. The molecule has 1 aromatic heterocycles. The van der Waals surface area contributed by atoms with E-state index in [9.17, 15) is 27.9 Å². The van der Waals surface area contributed by atoms with E-state index in [1.807, 2.05) is 0 Å². The molecular formula is C12H9F3O8Tb. The van der Waals surface area contributed by atoms with E-state index in [0.29, 0.717) is 0 Å². The molecule has 0 aliphatic carbocycles. The fraction of sp³-hybridized carbons (Fsp3) is 0.167. The van der Waals surface area contributed by atoms with E-state index in [4.69, 9.17) is 9.47 Å². The molecule has 3 rings (SSSR count). The summed E-state index contributed by atoms with van der Waals surface area (Å²) in [6.45, 7) is -0.120. The first kappa shape index (κ1) is 22.5. The third-order valence-electron chi connectivity index (χ3n) is 2.86. The first-order valence-electron chi connectivity index (χ1n) is 5.50. The zero-order chi connectivity index (χ0) is 15.4. The summed E-state index contributed by atoms with van der Waals surface area (Å²) in [7, 11) is 0. The second-order valence-corrected chi connectivity index (χ2v) is 4.14.